The van der Waals surface area contributed by atoms with Crippen LogP contribution in [0.4, 0.5) is 5.82 Å². The smallest absolute Gasteiger partial charge is 0.199 e. The molecule has 0 spiro atoms. The molecule has 1 N–H and O–H groups in total. The number of aromatic nitrogens is 5. The first-order chi connectivity index (χ1) is 9.24. The topological polar surface area (TPSA) is 68.0 Å². The van der Waals surface area contributed by atoms with Gasteiger partial charge < -0.3 is 5.32 Å². The maximum atomic E-state index is 4.11. The largest absolute Gasteiger partial charge is 0.362 e. The van der Waals surface area contributed by atoms with Gasteiger partial charge in [0.05, 0.1) is 18.4 Å². The lowest BCUT2D eigenvalue weighted by Crippen LogP contribution is -2.10. The van der Waals surface area contributed by atoms with E-state index >= 15 is 0 Å². The fraction of sp³-hybridized carbons (Fsp3) is 0.167. The molecular weight excluding hydrogens is 308 g/mol. The molecule has 0 saturated carbocycles. The van der Waals surface area contributed by atoms with Crippen LogP contribution >= 0.6 is 15.9 Å². The number of hydrogen-bond acceptors (Lipinski definition) is 5. The Morgan fingerprint density at radius 1 is 1.32 bits per heavy atom. The Morgan fingerprint density at radius 3 is 3.05 bits per heavy atom. The number of rotatable bonds is 3. The van der Waals surface area contributed by atoms with Crippen LogP contribution in [0.15, 0.2) is 41.1 Å². The Labute approximate surface area is 118 Å². The molecule has 0 aliphatic heterocycles. The number of fused-ring (bicyclic) bond motifs is 1. The van der Waals surface area contributed by atoms with Crippen molar-refractivity contribution in [2.24, 2.45) is 0 Å². The van der Waals surface area contributed by atoms with E-state index in [1.807, 2.05) is 12.1 Å². The lowest BCUT2D eigenvalue weighted by molar-refractivity contribution is 0.796. The Bertz CT molecular complexity index is 710. The van der Waals surface area contributed by atoms with E-state index in [1.54, 1.807) is 16.9 Å². The third-order valence-electron chi connectivity index (χ3n) is 2.82. The van der Waals surface area contributed by atoms with Gasteiger partial charge in [0.25, 0.3) is 0 Å². The number of nitrogens with zero attached hydrogens (tertiary/aromatic N) is 5. The lowest BCUT2D eigenvalue weighted by Gasteiger charge is -2.15. The summed E-state index contributed by atoms with van der Waals surface area (Å²) in [5.41, 5.74) is 1.78. The number of halogens is 1. The Hall–Kier alpha value is -2.02. The highest BCUT2D eigenvalue weighted by atomic mass is 79.9. The summed E-state index contributed by atoms with van der Waals surface area (Å²) in [7, 11) is 0. The fourth-order valence-electron chi connectivity index (χ4n) is 1.85. The standard InChI is InChI=1S/C12H11BrN6/c1-8(9-3-2-4-10(13)5-9)15-11-6-14-7-12-16-17-18-19(11)12/h2-8,15H,1H3. The molecule has 3 aromatic rings. The van der Waals surface area contributed by atoms with Crippen molar-refractivity contribution in [1.82, 2.24) is 25.0 Å². The maximum Gasteiger partial charge on any atom is 0.199 e. The highest BCUT2D eigenvalue weighted by molar-refractivity contribution is 9.10. The van der Waals surface area contributed by atoms with Crippen molar-refractivity contribution in [1.29, 1.82) is 0 Å². The summed E-state index contributed by atoms with van der Waals surface area (Å²) in [4.78, 5) is 4.11. The molecule has 0 aliphatic rings. The monoisotopic (exact) mass is 318 g/mol. The number of tetrazole rings is 1. The van der Waals surface area contributed by atoms with Gasteiger partial charge in [0.2, 0.25) is 0 Å². The molecule has 0 bridgehead atoms. The van der Waals surface area contributed by atoms with Gasteiger partial charge in [-0.15, -0.1) is 5.10 Å². The van der Waals surface area contributed by atoms with E-state index in [2.05, 4.69) is 60.8 Å². The zero-order valence-electron chi connectivity index (χ0n) is 10.2. The van der Waals surface area contributed by atoms with E-state index in [4.69, 9.17) is 0 Å². The summed E-state index contributed by atoms with van der Waals surface area (Å²) in [6, 6.07) is 8.27. The van der Waals surface area contributed by atoms with E-state index in [-0.39, 0.29) is 6.04 Å². The molecule has 2 aromatic heterocycles. The van der Waals surface area contributed by atoms with Crippen LogP contribution in [-0.4, -0.2) is 25.0 Å². The number of hydrogen-bond donors (Lipinski definition) is 1. The SMILES string of the molecule is CC(Nc1cncc2nnnn12)c1cccc(Br)c1. The van der Waals surface area contributed by atoms with Gasteiger partial charge in [-0.05, 0) is 35.0 Å². The zero-order chi connectivity index (χ0) is 13.2. The Kier molecular flexibility index (Phi) is 3.12. The average molecular weight is 319 g/mol. The highest BCUT2D eigenvalue weighted by Crippen LogP contribution is 2.21. The predicted octanol–water partition coefficient (Wildman–Crippen LogP) is 2.45. The third-order valence-corrected chi connectivity index (χ3v) is 3.31. The minimum Gasteiger partial charge on any atom is -0.362 e. The van der Waals surface area contributed by atoms with Crippen LogP contribution in [0.25, 0.3) is 5.65 Å². The Balaban J connectivity index is 1.90. The summed E-state index contributed by atoms with van der Waals surface area (Å²) in [5, 5.41) is 14.8. The number of anilines is 1. The van der Waals surface area contributed by atoms with Crippen molar-refractivity contribution in [2.75, 3.05) is 5.32 Å². The van der Waals surface area contributed by atoms with Gasteiger partial charge in [0, 0.05) is 4.47 Å². The molecule has 1 atom stereocenters. The van der Waals surface area contributed by atoms with Crippen LogP contribution < -0.4 is 5.32 Å². The van der Waals surface area contributed by atoms with Gasteiger partial charge >= 0.3 is 0 Å². The van der Waals surface area contributed by atoms with Crippen molar-refractivity contribution in [3.8, 4) is 0 Å². The Morgan fingerprint density at radius 2 is 2.21 bits per heavy atom. The quantitative estimate of drug-likeness (QED) is 0.803. The van der Waals surface area contributed by atoms with Gasteiger partial charge in [0.15, 0.2) is 11.5 Å². The van der Waals surface area contributed by atoms with Gasteiger partial charge in [-0.1, -0.05) is 28.1 Å². The molecule has 0 radical (unpaired) electrons. The first-order valence-corrected chi connectivity index (χ1v) is 6.57. The number of benzene rings is 1. The van der Waals surface area contributed by atoms with Gasteiger partial charge in [0.1, 0.15) is 0 Å². The minimum absolute atomic E-state index is 0.120. The van der Waals surface area contributed by atoms with Crippen LogP contribution in [0.1, 0.15) is 18.5 Å². The summed E-state index contributed by atoms with van der Waals surface area (Å²) in [6.07, 6.45) is 3.33. The van der Waals surface area contributed by atoms with E-state index < -0.39 is 0 Å². The molecule has 2 heterocycles. The van der Waals surface area contributed by atoms with Gasteiger partial charge in [-0.25, -0.2) is 0 Å². The minimum atomic E-state index is 0.120. The lowest BCUT2D eigenvalue weighted by atomic mass is 10.1. The second kappa shape index (κ2) is 4.93. The first-order valence-electron chi connectivity index (χ1n) is 5.78. The summed E-state index contributed by atoms with van der Waals surface area (Å²) in [6.45, 7) is 2.07. The van der Waals surface area contributed by atoms with Crippen LogP contribution in [0.3, 0.4) is 0 Å². The van der Waals surface area contributed by atoms with E-state index in [0.717, 1.165) is 10.3 Å². The second-order valence-electron chi connectivity index (χ2n) is 4.16. The molecule has 0 aliphatic carbocycles. The molecular formula is C12H11BrN6. The average Bonchev–Trinajstić information content (AvgIpc) is 2.88. The fourth-order valence-corrected chi connectivity index (χ4v) is 2.27. The van der Waals surface area contributed by atoms with Crippen LogP contribution in [0.2, 0.25) is 0 Å². The third kappa shape index (κ3) is 2.41. The molecule has 6 nitrogen and oxygen atoms in total. The van der Waals surface area contributed by atoms with Crippen molar-refractivity contribution in [2.45, 2.75) is 13.0 Å². The van der Waals surface area contributed by atoms with Gasteiger partial charge in [-0.2, -0.15) is 4.52 Å². The molecule has 0 fully saturated rings. The van der Waals surface area contributed by atoms with Gasteiger partial charge in [-0.3, -0.25) is 4.98 Å². The molecule has 19 heavy (non-hydrogen) atoms. The maximum absolute atomic E-state index is 4.11. The molecule has 1 unspecified atom stereocenters. The molecule has 0 saturated heterocycles. The summed E-state index contributed by atoms with van der Waals surface area (Å²) < 4.78 is 2.68. The van der Waals surface area contributed by atoms with Crippen molar-refractivity contribution in [3.05, 3.63) is 46.7 Å². The normalized spacial score (nSPS) is 12.5. The molecule has 1 aromatic carbocycles. The van der Waals surface area contributed by atoms with E-state index in [1.165, 1.54) is 5.56 Å². The van der Waals surface area contributed by atoms with Crippen molar-refractivity contribution < 1.29 is 0 Å². The van der Waals surface area contributed by atoms with Crippen LogP contribution in [-0.2, 0) is 0 Å². The molecule has 96 valence electrons. The van der Waals surface area contributed by atoms with Crippen molar-refractivity contribution in [3.63, 3.8) is 0 Å². The van der Waals surface area contributed by atoms with Crippen molar-refractivity contribution >= 4 is 27.4 Å². The predicted molar refractivity (Wildman–Crippen MR) is 74.8 cm³/mol. The van der Waals surface area contributed by atoms with Crippen LogP contribution in [0, 0.1) is 0 Å². The first kappa shape index (κ1) is 12.0. The highest BCUT2D eigenvalue weighted by Gasteiger charge is 2.09. The summed E-state index contributed by atoms with van der Waals surface area (Å²) in [5.74, 6) is 0.759. The molecule has 0 amide bonds. The van der Waals surface area contributed by atoms with Crippen LogP contribution in [0.5, 0.6) is 0 Å². The molecule has 3 rings (SSSR count). The molecule has 7 heteroatoms. The van der Waals surface area contributed by atoms with E-state index in [9.17, 15) is 0 Å². The zero-order valence-corrected chi connectivity index (χ0v) is 11.7. The number of nitrogens with one attached hydrogen (secondary N) is 1. The summed E-state index contributed by atoms with van der Waals surface area (Å²) >= 11 is 3.47. The second-order valence-corrected chi connectivity index (χ2v) is 5.08. The van der Waals surface area contributed by atoms with E-state index in [0.29, 0.717) is 5.65 Å².